The lowest BCUT2D eigenvalue weighted by Crippen LogP contribution is -2.05. The quantitative estimate of drug-likeness (QED) is 0.519. The minimum Gasteiger partial charge on any atom is -0.393 e. The van der Waals surface area contributed by atoms with Gasteiger partial charge in [-0.2, -0.15) is 0 Å². The summed E-state index contributed by atoms with van der Waals surface area (Å²) in [4.78, 5) is 8.52. The van der Waals surface area contributed by atoms with Crippen LogP contribution in [-0.4, -0.2) is 9.97 Å². The van der Waals surface area contributed by atoms with E-state index in [1.165, 1.54) is 15.5 Å². The van der Waals surface area contributed by atoms with E-state index in [4.69, 9.17) is 5.73 Å². The lowest BCUT2D eigenvalue weighted by molar-refractivity contribution is 1.17. The molecule has 122 valence electrons. The maximum Gasteiger partial charge on any atom is 0.159 e. The number of nitrogen functional groups attached to an aromatic ring is 1. The molecule has 0 bridgehead atoms. The maximum absolute atomic E-state index is 6.25. The van der Waals surface area contributed by atoms with Crippen LogP contribution in [0.4, 0.5) is 28.7 Å². The molecule has 0 saturated carbocycles. The van der Waals surface area contributed by atoms with Gasteiger partial charge in [-0.1, -0.05) is 12.1 Å². The summed E-state index contributed by atoms with van der Waals surface area (Å²) >= 11 is 2.27. The van der Waals surface area contributed by atoms with Gasteiger partial charge >= 0.3 is 0 Å². The monoisotopic (exact) mass is 431 g/mol. The minimum absolute atomic E-state index is 0.483. The number of aryl methyl sites for hydroxylation is 2. The Balaban J connectivity index is 1.88. The maximum atomic E-state index is 6.25. The Morgan fingerprint density at radius 3 is 2.29 bits per heavy atom. The molecule has 5 nitrogen and oxygen atoms in total. The zero-order chi connectivity index (χ0) is 17.1. The number of anilines is 5. The van der Waals surface area contributed by atoms with Crippen LogP contribution in [-0.2, 0) is 0 Å². The fourth-order valence-electron chi connectivity index (χ4n) is 2.26. The summed E-state index contributed by atoms with van der Waals surface area (Å²) < 4.78 is 1.17. The summed E-state index contributed by atoms with van der Waals surface area (Å²) in [6.45, 7) is 4.10. The van der Waals surface area contributed by atoms with Crippen LogP contribution in [0.25, 0.3) is 0 Å². The molecule has 0 aliphatic carbocycles. The van der Waals surface area contributed by atoms with E-state index in [-0.39, 0.29) is 0 Å². The van der Waals surface area contributed by atoms with Gasteiger partial charge < -0.3 is 16.4 Å². The third kappa shape index (κ3) is 3.76. The molecule has 24 heavy (non-hydrogen) atoms. The van der Waals surface area contributed by atoms with Crippen molar-refractivity contribution in [2.45, 2.75) is 13.8 Å². The number of nitrogens with one attached hydrogen (secondary N) is 2. The van der Waals surface area contributed by atoms with Gasteiger partial charge in [-0.25, -0.2) is 9.97 Å². The van der Waals surface area contributed by atoms with Gasteiger partial charge in [0.1, 0.15) is 12.0 Å². The number of aromatic nitrogens is 2. The summed E-state index contributed by atoms with van der Waals surface area (Å²) in [5.41, 5.74) is 10.9. The van der Waals surface area contributed by atoms with E-state index in [9.17, 15) is 0 Å². The Morgan fingerprint density at radius 1 is 0.917 bits per heavy atom. The van der Waals surface area contributed by atoms with Gasteiger partial charge in [0.05, 0.1) is 0 Å². The van der Waals surface area contributed by atoms with Crippen molar-refractivity contribution in [1.29, 1.82) is 0 Å². The van der Waals surface area contributed by atoms with Crippen molar-refractivity contribution in [2.75, 3.05) is 16.4 Å². The first-order valence-electron chi connectivity index (χ1n) is 7.50. The molecule has 0 unspecified atom stereocenters. The van der Waals surface area contributed by atoms with Crippen LogP contribution in [0.15, 0.2) is 48.8 Å². The number of hydrogen-bond acceptors (Lipinski definition) is 5. The first kappa shape index (κ1) is 16.5. The van der Waals surface area contributed by atoms with Crippen LogP contribution in [0, 0.1) is 17.4 Å². The normalized spacial score (nSPS) is 10.5. The zero-order valence-corrected chi connectivity index (χ0v) is 15.6. The van der Waals surface area contributed by atoms with E-state index in [2.05, 4.69) is 68.3 Å². The molecule has 1 heterocycles. The second-order valence-electron chi connectivity index (χ2n) is 5.56. The van der Waals surface area contributed by atoms with Crippen molar-refractivity contribution in [2.24, 2.45) is 0 Å². The summed E-state index contributed by atoms with van der Waals surface area (Å²) in [6, 6.07) is 14.2. The number of halogens is 1. The van der Waals surface area contributed by atoms with Crippen LogP contribution in [0.2, 0.25) is 0 Å². The van der Waals surface area contributed by atoms with Gasteiger partial charge in [0.25, 0.3) is 0 Å². The molecule has 0 fully saturated rings. The van der Waals surface area contributed by atoms with E-state index in [1.807, 2.05) is 31.2 Å². The molecular weight excluding hydrogens is 413 g/mol. The highest BCUT2D eigenvalue weighted by Crippen LogP contribution is 2.29. The second kappa shape index (κ2) is 7.04. The first-order valence-corrected chi connectivity index (χ1v) is 8.58. The lowest BCUT2D eigenvalue weighted by atomic mass is 10.1. The summed E-state index contributed by atoms with van der Waals surface area (Å²) in [6.07, 6.45) is 1.50. The van der Waals surface area contributed by atoms with Gasteiger partial charge in [-0.15, -0.1) is 0 Å². The average Bonchev–Trinajstić information content (AvgIpc) is 2.56. The predicted octanol–water partition coefficient (Wildman–Crippen LogP) is 4.77. The van der Waals surface area contributed by atoms with Gasteiger partial charge in [-0.3, -0.25) is 0 Å². The Labute approximate surface area is 154 Å². The van der Waals surface area contributed by atoms with Crippen molar-refractivity contribution >= 4 is 51.3 Å². The molecule has 0 radical (unpaired) electrons. The van der Waals surface area contributed by atoms with Crippen molar-refractivity contribution in [1.82, 2.24) is 9.97 Å². The Morgan fingerprint density at radius 2 is 1.58 bits per heavy atom. The predicted molar refractivity (Wildman–Crippen MR) is 108 cm³/mol. The second-order valence-corrected chi connectivity index (χ2v) is 6.81. The number of hydrogen-bond donors (Lipinski definition) is 3. The summed E-state index contributed by atoms with van der Waals surface area (Å²) in [7, 11) is 0. The summed E-state index contributed by atoms with van der Waals surface area (Å²) in [5.74, 6) is 1.17. The standard InChI is InChI=1S/C18H18IN5/c1-11-3-4-12(2)15(9-11)24-18-16(20)17(21-10-22-18)23-14-7-5-13(19)6-8-14/h3-10H,20H2,1-2H3,(H2,21,22,23,24). The SMILES string of the molecule is Cc1ccc(C)c(Nc2ncnc(Nc3ccc(I)cc3)c2N)c1. The van der Waals surface area contributed by atoms with E-state index < -0.39 is 0 Å². The van der Waals surface area contributed by atoms with Gasteiger partial charge in [0, 0.05) is 14.9 Å². The highest BCUT2D eigenvalue weighted by atomic mass is 127. The first-order chi connectivity index (χ1) is 11.5. The number of benzene rings is 2. The topological polar surface area (TPSA) is 75.9 Å². The minimum atomic E-state index is 0.483. The van der Waals surface area contributed by atoms with Crippen molar-refractivity contribution < 1.29 is 0 Å². The fourth-order valence-corrected chi connectivity index (χ4v) is 2.62. The lowest BCUT2D eigenvalue weighted by Gasteiger charge is -2.14. The molecule has 3 aromatic rings. The van der Waals surface area contributed by atoms with Gasteiger partial charge in [0.2, 0.25) is 0 Å². The molecular formula is C18H18IN5. The van der Waals surface area contributed by atoms with Crippen molar-refractivity contribution in [3.63, 3.8) is 0 Å². The zero-order valence-electron chi connectivity index (χ0n) is 13.5. The van der Waals surface area contributed by atoms with E-state index in [0.29, 0.717) is 17.3 Å². The smallest absolute Gasteiger partial charge is 0.159 e. The Bertz CT molecular complexity index is 862. The van der Waals surface area contributed by atoms with E-state index in [1.54, 1.807) is 0 Å². The molecule has 0 atom stereocenters. The molecule has 0 spiro atoms. The Kier molecular flexibility index (Phi) is 4.84. The van der Waals surface area contributed by atoms with Crippen LogP contribution in [0.3, 0.4) is 0 Å². The molecule has 0 amide bonds. The third-order valence-electron chi connectivity index (χ3n) is 3.64. The van der Waals surface area contributed by atoms with E-state index >= 15 is 0 Å². The molecule has 0 aliphatic rings. The van der Waals surface area contributed by atoms with Gasteiger partial charge in [-0.05, 0) is 77.9 Å². The van der Waals surface area contributed by atoms with Crippen LogP contribution >= 0.6 is 22.6 Å². The molecule has 4 N–H and O–H groups in total. The van der Waals surface area contributed by atoms with E-state index in [0.717, 1.165) is 16.9 Å². The molecule has 3 rings (SSSR count). The van der Waals surface area contributed by atoms with Crippen LogP contribution < -0.4 is 16.4 Å². The number of rotatable bonds is 4. The number of nitrogens with zero attached hydrogens (tertiary/aromatic N) is 2. The molecule has 0 saturated heterocycles. The van der Waals surface area contributed by atoms with Crippen LogP contribution in [0.1, 0.15) is 11.1 Å². The van der Waals surface area contributed by atoms with Gasteiger partial charge in [0.15, 0.2) is 11.6 Å². The number of nitrogens with two attached hydrogens (primary N) is 1. The highest BCUT2D eigenvalue weighted by molar-refractivity contribution is 14.1. The third-order valence-corrected chi connectivity index (χ3v) is 4.36. The summed E-state index contributed by atoms with van der Waals surface area (Å²) in [5, 5.41) is 6.53. The fraction of sp³-hybridized carbons (Fsp3) is 0.111. The van der Waals surface area contributed by atoms with Crippen LogP contribution in [0.5, 0.6) is 0 Å². The average molecular weight is 431 g/mol. The molecule has 2 aromatic carbocycles. The molecule has 6 heteroatoms. The largest absolute Gasteiger partial charge is 0.393 e. The highest BCUT2D eigenvalue weighted by Gasteiger charge is 2.10. The van der Waals surface area contributed by atoms with Crippen molar-refractivity contribution in [3.8, 4) is 0 Å². The molecule has 0 aliphatic heterocycles. The Hall–Kier alpha value is -2.35. The van der Waals surface area contributed by atoms with Crippen molar-refractivity contribution in [3.05, 3.63) is 63.5 Å². The molecule has 1 aromatic heterocycles.